The van der Waals surface area contributed by atoms with E-state index in [1.807, 2.05) is 0 Å². The zero-order valence-corrected chi connectivity index (χ0v) is 20.1. The van der Waals surface area contributed by atoms with Crippen LogP contribution in [0.3, 0.4) is 0 Å². The number of hydrogen-bond donors (Lipinski definition) is 1. The van der Waals surface area contributed by atoms with Gasteiger partial charge in [-0.3, -0.25) is 14.9 Å². The molecule has 0 bridgehead atoms. The summed E-state index contributed by atoms with van der Waals surface area (Å²) >= 11 is 1.14. The third kappa shape index (κ3) is 6.92. The largest absolute Gasteiger partial charge is 0.462 e. The van der Waals surface area contributed by atoms with E-state index < -0.39 is 28.9 Å². The van der Waals surface area contributed by atoms with Crippen LogP contribution in [0, 0.1) is 10.1 Å². The van der Waals surface area contributed by atoms with Crippen molar-refractivity contribution in [3.63, 3.8) is 0 Å². The highest BCUT2D eigenvalue weighted by Crippen LogP contribution is 2.40. The van der Waals surface area contributed by atoms with E-state index >= 15 is 0 Å². The number of carbonyl (C=O) groups is 3. The first-order chi connectivity index (χ1) is 15.5. The molecular weight excluding hydrogens is 448 g/mol. The molecular formula is C23H28N2O7S. The zero-order valence-electron chi connectivity index (χ0n) is 19.3. The maximum Gasteiger partial charge on any atom is 0.337 e. The number of nitro benzene ring substituents is 1. The lowest BCUT2D eigenvalue weighted by Gasteiger charge is -2.30. The summed E-state index contributed by atoms with van der Waals surface area (Å²) in [5.41, 5.74) is 1.58. The molecule has 0 amide bonds. The Morgan fingerprint density at radius 1 is 1.15 bits per heavy atom. The average molecular weight is 477 g/mol. The quantitative estimate of drug-likeness (QED) is 0.244. The van der Waals surface area contributed by atoms with Crippen molar-refractivity contribution in [2.75, 3.05) is 12.4 Å². The topological polar surface area (TPSA) is 125 Å². The summed E-state index contributed by atoms with van der Waals surface area (Å²) in [4.78, 5) is 48.0. The molecule has 0 aliphatic carbocycles. The van der Waals surface area contributed by atoms with Crippen LogP contribution in [0.2, 0.25) is 0 Å². The van der Waals surface area contributed by atoms with Crippen LogP contribution >= 0.6 is 11.8 Å². The summed E-state index contributed by atoms with van der Waals surface area (Å²) in [6.45, 7) is 8.34. The van der Waals surface area contributed by atoms with Crippen LogP contribution in [0.1, 0.15) is 52.5 Å². The number of rotatable bonds is 9. The maximum absolute atomic E-state index is 13.1. The van der Waals surface area contributed by atoms with Crippen LogP contribution in [0.4, 0.5) is 5.69 Å². The van der Waals surface area contributed by atoms with Crippen molar-refractivity contribution in [2.45, 2.75) is 53.1 Å². The molecule has 178 valence electrons. The van der Waals surface area contributed by atoms with E-state index in [0.29, 0.717) is 29.1 Å². The molecule has 33 heavy (non-hydrogen) atoms. The molecule has 0 saturated heterocycles. The third-order valence-electron chi connectivity index (χ3n) is 4.78. The van der Waals surface area contributed by atoms with Gasteiger partial charge in [0.15, 0.2) is 5.12 Å². The van der Waals surface area contributed by atoms with E-state index in [1.54, 1.807) is 33.8 Å². The zero-order chi connectivity index (χ0) is 24.7. The van der Waals surface area contributed by atoms with Crippen LogP contribution in [-0.2, 0) is 23.9 Å². The van der Waals surface area contributed by atoms with Crippen LogP contribution in [0.25, 0.3) is 0 Å². The highest BCUT2D eigenvalue weighted by Gasteiger charge is 2.38. The van der Waals surface area contributed by atoms with Gasteiger partial charge in [-0.1, -0.05) is 23.9 Å². The number of non-ortho nitro benzene ring substituents is 1. The fourth-order valence-electron chi connectivity index (χ4n) is 3.48. The molecule has 2 rings (SSSR count). The number of thioether (sulfide) groups is 1. The molecule has 1 aliphatic rings. The van der Waals surface area contributed by atoms with Crippen molar-refractivity contribution >= 4 is 34.5 Å². The second-order valence-electron chi connectivity index (χ2n) is 7.77. The van der Waals surface area contributed by atoms with Gasteiger partial charge >= 0.3 is 11.9 Å². The van der Waals surface area contributed by atoms with Gasteiger partial charge in [-0.2, -0.15) is 0 Å². The van der Waals surface area contributed by atoms with E-state index in [4.69, 9.17) is 9.47 Å². The Morgan fingerprint density at radius 2 is 1.79 bits per heavy atom. The fraction of sp³-hybridized carbons (Fsp3) is 0.435. The van der Waals surface area contributed by atoms with E-state index in [0.717, 1.165) is 11.8 Å². The Hall–Kier alpha value is -3.14. The number of benzene rings is 1. The first-order valence-electron chi connectivity index (χ1n) is 10.5. The number of carbonyl (C=O) groups excluding carboxylic acids is 3. The third-order valence-corrected chi connectivity index (χ3v) is 5.68. The van der Waals surface area contributed by atoms with Gasteiger partial charge in [0.2, 0.25) is 0 Å². The summed E-state index contributed by atoms with van der Waals surface area (Å²) in [5, 5.41) is 14.4. The van der Waals surface area contributed by atoms with Crippen molar-refractivity contribution in [3.8, 4) is 0 Å². The van der Waals surface area contributed by atoms with Gasteiger partial charge in [0.25, 0.3) is 5.69 Å². The van der Waals surface area contributed by atoms with Gasteiger partial charge in [-0.05, 0) is 39.7 Å². The van der Waals surface area contributed by atoms with Crippen molar-refractivity contribution in [1.82, 2.24) is 5.32 Å². The number of hydrogen-bond acceptors (Lipinski definition) is 9. The molecule has 1 aromatic rings. The van der Waals surface area contributed by atoms with E-state index in [1.165, 1.54) is 25.1 Å². The summed E-state index contributed by atoms with van der Waals surface area (Å²) in [7, 11) is 0. The lowest BCUT2D eigenvalue weighted by Crippen LogP contribution is -2.33. The average Bonchev–Trinajstić information content (AvgIpc) is 2.71. The van der Waals surface area contributed by atoms with E-state index in [9.17, 15) is 24.5 Å². The van der Waals surface area contributed by atoms with Crippen LogP contribution < -0.4 is 5.32 Å². The SMILES string of the molecule is CC(=O)SCCCOC(=O)C1=C(C)NC(C)=C(C(=O)OC(C)C)C1c1cccc([N+](=O)[O-])c1. The number of nitro groups is 1. The fourth-order valence-corrected chi connectivity index (χ4v) is 4.03. The smallest absolute Gasteiger partial charge is 0.337 e. The van der Waals surface area contributed by atoms with Gasteiger partial charge in [0.05, 0.1) is 34.7 Å². The molecule has 1 heterocycles. The molecule has 0 radical (unpaired) electrons. The first-order valence-corrected chi connectivity index (χ1v) is 11.5. The van der Waals surface area contributed by atoms with E-state index in [2.05, 4.69) is 5.32 Å². The Morgan fingerprint density at radius 3 is 2.36 bits per heavy atom. The second-order valence-corrected chi connectivity index (χ2v) is 9.04. The minimum atomic E-state index is -0.906. The molecule has 0 spiro atoms. The molecule has 1 aliphatic heterocycles. The Balaban J connectivity index is 2.45. The van der Waals surface area contributed by atoms with Gasteiger partial charge in [-0.25, -0.2) is 9.59 Å². The maximum atomic E-state index is 13.1. The Labute approximate surface area is 196 Å². The second kappa shape index (κ2) is 11.6. The van der Waals surface area contributed by atoms with Crippen LogP contribution in [0.5, 0.6) is 0 Å². The van der Waals surface area contributed by atoms with Crippen molar-refractivity contribution in [2.24, 2.45) is 0 Å². The molecule has 1 unspecified atom stereocenters. The summed E-state index contributed by atoms with van der Waals surface area (Å²) in [5.74, 6) is -1.66. The Bertz CT molecular complexity index is 1010. The molecule has 9 nitrogen and oxygen atoms in total. The molecule has 1 atom stereocenters. The van der Waals surface area contributed by atoms with Crippen LogP contribution in [-0.4, -0.2) is 40.4 Å². The van der Waals surface area contributed by atoms with Crippen molar-refractivity contribution in [3.05, 3.63) is 62.5 Å². The van der Waals surface area contributed by atoms with Crippen molar-refractivity contribution < 1.29 is 28.8 Å². The molecule has 0 fully saturated rings. The number of allylic oxidation sites excluding steroid dienone is 2. The predicted molar refractivity (Wildman–Crippen MR) is 124 cm³/mol. The number of nitrogens with zero attached hydrogens (tertiary/aromatic N) is 1. The van der Waals surface area contributed by atoms with Crippen LogP contribution in [0.15, 0.2) is 46.8 Å². The molecule has 0 saturated carbocycles. The number of esters is 2. The van der Waals surface area contributed by atoms with E-state index in [-0.39, 0.29) is 28.6 Å². The highest BCUT2D eigenvalue weighted by molar-refractivity contribution is 8.13. The van der Waals surface area contributed by atoms with Gasteiger partial charge in [-0.15, -0.1) is 0 Å². The lowest BCUT2D eigenvalue weighted by atomic mass is 9.80. The Kier molecular flexibility index (Phi) is 9.22. The highest BCUT2D eigenvalue weighted by atomic mass is 32.2. The predicted octanol–water partition coefficient (Wildman–Crippen LogP) is 3.99. The molecule has 1 aromatic carbocycles. The molecule has 0 aromatic heterocycles. The molecule has 1 N–H and O–H groups in total. The summed E-state index contributed by atoms with van der Waals surface area (Å²) in [6.07, 6.45) is 0.0821. The standard InChI is InChI=1S/C23H28N2O7S/c1-13(2)32-23(28)20-15(4)24-14(3)19(22(27)31-10-7-11-33-16(5)26)21(20)17-8-6-9-18(12-17)25(29)30/h6,8-9,12-13,21,24H,7,10-11H2,1-5H3. The van der Waals surface area contributed by atoms with Gasteiger partial charge in [0.1, 0.15) is 0 Å². The summed E-state index contributed by atoms with van der Waals surface area (Å²) < 4.78 is 10.8. The summed E-state index contributed by atoms with van der Waals surface area (Å²) in [6, 6.07) is 5.82. The minimum Gasteiger partial charge on any atom is -0.462 e. The molecule has 10 heteroatoms. The number of dihydropyridines is 1. The van der Waals surface area contributed by atoms with Crippen molar-refractivity contribution in [1.29, 1.82) is 0 Å². The van der Waals surface area contributed by atoms with Gasteiger partial charge in [0, 0.05) is 36.2 Å². The number of ether oxygens (including phenoxy) is 2. The monoisotopic (exact) mass is 476 g/mol. The van der Waals surface area contributed by atoms with Gasteiger partial charge < -0.3 is 14.8 Å². The normalized spacial score (nSPS) is 15.9. The number of nitrogens with one attached hydrogen (secondary N) is 1. The first kappa shape index (κ1) is 26.1. The minimum absolute atomic E-state index is 0.0176. The lowest BCUT2D eigenvalue weighted by molar-refractivity contribution is -0.384.